The molecule has 1 unspecified atom stereocenters. The average Bonchev–Trinajstić information content (AvgIpc) is 2.27. The van der Waals surface area contributed by atoms with Crippen LogP contribution in [-0.2, 0) is 4.79 Å². The van der Waals surface area contributed by atoms with Gasteiger partial charge in [0.25, 0.3) is 0 Å². The van der Waals surface area contributed by atoms with Gasteiger partial charge in [-0.2, -0.15) is 0 Å². The van der Waals surface area contributed by atoms with E-state index in [9.17, 15) is 4.79 Å². The summed E-state index contributed by atoms with van der Waals surface area (Å²) >= 11 is 0. The van der Waals surface area contributed by atoms with Gasteiger partial charge in [-0.3, -0.25) is 4.79 Å². The van der Waals surface area contributed by atoms with Crippen LogP contribution in [0, 0.1) is 0 Å². The van der Waals surface area contributed by atoms with Gasteiger partial charge in [-0.15, -0.1) is 0 Å². The van der Waals surface area contributed by atoms with Gasteiger partial charge in [0.05, 0.1) is 5.54 Å². The molecule has 0 saturated heterocycles. The highest BCUT2D eigenvalue weighted by molar-refractivity contribution is 5.85. The van der Waals surface area contributed by atoms with Crippen LogP contribution in [0.25, 0.3) is 0 Å². The molecule has 3 heteroatoms. The van der Waals surface area contributed by atoms with E-state index in [1.807, 2.05) is 13.8 Å². The summed E-state index contributed by atoms with van der Waals surface area (Å²) in [5, 5.41) is 2.93. The van der Waals surface area contributed by atoms with Gasteiger partial charge < -0.3 is 11.1 Å². The van der Waals surface area contributed by atoms with Crippen LogP contribution in [0.2, 0.25) is 0 Å². The summed E-state index contributed by atoms with van der Waals surface area (Å²) in [5.41, 5.74) is 5.24. The van der Waals surface area contributed by atoms with E-state index < -0.39 is 5.54 Å². The van der Waals surface area contributed by atoms with Crippen LogP contribution in [0.15, 0.2) is 0 Å². The summed E-state index contributed by atoms with van der Waals surface area (Å²) in [6.45, 7) is 6.84. The number of rotatable bonds is 10. The van der Waals surface area contributed by atoms with Gasteiger partial charge in [-0.1, -0.05) is 52.4 Å². The number of unbranched alkanes of at least 4 members (excludes halogenated alkanes) is 5. The molecule has 0 bridgehead atoms. The van der Waals surface area contributed by atoms with Crippen molar-refractivity contribution >= 4 is 5.91 Å². The summed E-state index contributed by atoms with van der Waals surface area (Å²) in [5.74, 6) is -0.00657. The lowest BCUT2D eigenvalue weighted by Gasteiger charge is -2.22. The van der Waals surface area contributed by atoms with E-state index in [1.54, 1.807) is 0 Å². The second-order valence-corrected chi connectivity index (χ2v) is 5.19. The molecule has 3 nitrogen and oxygen atoms in total. The number of hydrogen-bond acceptors (Lipinski definition) is 2. The molecule has 1 amide bonds. The minimum atomic E-state index is -0.697. The van der Waals surface area contributed by atoms with Gasteiger partial charge in [0.1, 0.15) is 0 Å². The molecule has 3 N–H and O–H groups in total. The maximum absolute atomic E-state index is 11.8. The molecule has 0 aromatic heterocycles. The Morgan fingerprint density at radius 1 is 1.06 bits per heavy atom. The van der Waals surface area contributed by atoms with Crippen LogP contribution in [-0.4, -0.2) is 18.0 Å². The van der Waals surface area contributed by atoms with E-state index in [0.29, 0.717) is 0 Å². The number of nitrogens with one attached hydrogen (secondary N) is 1. The summed E-state index contributed by atoms with van der Waals surface area (Å²) in [7, 11) is 0. The summed E-state index contributed by atoms with van der Waals surface area (Å²) in [4.78, 5) is 11.8. The third-order valence-electron chi connectivity index (χ3n) is 3.10. The molecule has 0 aliphatic heterocycles. The molecule has 0 rings (SSSR count). The van der Waals surface area contributed by atoms with E-state index in [0.717, 1.165) is 25.8 Å². The van der Waals surface area contributed by atoms with Crippen molar-refractivity contribution in [3.8, 4) is 0 Å². The monoisotopic (exact) mass is 242 g/mol. The highest BCUT2D eigenvalue weighted by Gasteiger charge is 2.26. The Bertz CT molecular complexity index is 202. The number of carbonyl (C=O) groups is 1. The fraction of sp³-hybridized carbons (Fsp3) is 0.929. The quantitative estimate of drug-likeness (QED) is 0.579. The average molecular weight is 242 g/mol. The highest BCUT2D eigenvalue weighted by atomic mass is 16.2. The first kappa shape index (κ1) is 16.4. The van der Waals surface area contributed by atoms with E-state index >= 15 is 0 Å². The lowest BCUT2D eigenvalue weighted by Crippen LogP contribution is -2.51. The second-order valence-electron chi connectivity index (χ2n) is 5.19. The SMILES string of the molecule is CCCCCCCCNC(=O)C(C)(N)CCC. The van der Waals surface area contributed by atoms with Crippen molar-refractivity contribution in [2.75, 3.05) is 6.54 Å². The molecular formula is C14H30N2O. The first-order chi connectivity index (χ1) is 8.04. The van der Waals surface area contributed by atoms with Gasteiger partial charge in [0.2, 0.25) is 5.91 Å². The maximum Gasteiger partial charge on any atom is 0.239 e. The minimum Gasteiger partial charge on any atom is -0.355 e. The third kappa shape index (κ3) is 8.19. The Labute approximate surface area is 107 Å². The lowest BCUT2D eigenvalue weighted by atomic mass is 9.96. The van der Waals surface area contributed by atoms with E-state index in [4.69, 9.17) is 5.73 Å². The van der Waals surface area contributed by atoms with Gasteiger partial charge in [0, 0.05) is 6.54 Å². The standard InChI is InChI=1S/C14H30N2O/c1-4-6-7-8-9-10-12-16-13(17)14(3,15)11-5-2/h4-12,15H2,1-3H3,(H,16,17). The molecule has 17 heavy (non-hydrogen) atoms. The topological polar surface area (TPSA) is 55.1 Å². The zero-order valence-corrected chi connectivity index (χ0v) is 11.8. The van der Waals surface area contributed by atoms with E-state index in [-0.39, 0.29) is 5.91 Å². The molecular weight excluding hydrogens is 212 g/mol. The Morgan fingerprint density at radius 3 is 2.24 bits per heavy atom. The van der Waals surface area contributed by atoms with Crippen molar-refractivity contribution in [3.05, 3.63) is 0 Å². The smallest absolute Gasteiger partial charge is 0.239 e. The van der Waals surface area contributed by atoms with Crippen LogP contribution in [0.5, 0.6) is 0 Å². The summed E-state index contributed by atoms with van der Waals surface area (Å²) in [6, 6.07) is 0. The van der Waals surface area contributed by atoms with Gasteiger partial charge in [-0.25, -0.2) is 0 Å². The van der Waals surface area contributed by atoms with Crippen molar-refractivity contribution in [3.63, 3.8) is 0 Å². The second kappa shape index (κ2) is 9.46. The normalized spacial score (nSPS) is 14.4. The molecule has 0 fully saturated rings. The largest absolute Gasteiger partial charge is 0.355 e. The van der Waals surface area contributed by atoms with E-state index in [1.165, 1.54) is 32.1 Å². The zero-order chi connectivity index (χ0) is 13.1. The summed E-state index contributed by atoms with van der Waals surface area (Å²) < 4.78 is 0. The Balaban J connectivity index is 3.51. The fourth-order valence-electron chi connectivity index (χ4n) is 1.94. The van der Waals surface area contributed by atoms with Crippen LogP contribution < -0.4 is 11.1 Å². The molecule has 0 aromatic carbocycles. The van der Waals surface area contributed by atoms with Crippen molar-refractivity contribution in [1.29, 1.82) is 0 Å². The predicted molar refractivity (Wildman–Crippen MR) is 73.9 cm³/mol. The fourth-order valence-corrected chi connectivity index (χ4v) is 1.94. The lowest BCUT2D eigenvalue weighted by molar-refractivity contribution is -0.126. The number of amides is 1. The maximum atomic E-state index is 11.8. The Hall–Kier alpha value is -0.570. The number of hydrogen-bond donors (Lipinski definition) is 2. The van der Waals surface area contributed by atoms with Crippen molar-refractivity contribution in [2.45, 2.75) is 77.7 Å². The molecule has 0 aliphatic rings. The summed E-state index contributed by atoms with van der Waals surface area (Å²) in [6.07, 6.45) is 9.15. The first-order valence-corrected chi connectivity index (χ1v) is 7.11. The van der Waals surface area contributed by atoms with Crippen LogP contribution in [0.1, 0.15) is 72.1 Å². The molecule has 1 atom stereocenters. The third-order valence-corrected chi connectivity index (χ3v) is 3.10. The minimum absolute atomic E-state index is 0.00657. The molecule has 0 aromatic rings. The molecule has 0 radical (unpaired) electrons. The Kier molecular flexibility index (Phi) is 9.14. The number of nitrogens with two attached hydrogens (primary N) is 1. The first-order valence-electron chi connectivity index (χ1n) is 7.11. The molecule has 0 spiro atoms. The highest BCUT2D eigenvalue weighted by Crippen LogP contribution is 2.08. The molecule has 0 saturated carbocycles. The van der Waals surface area contributed by atoms with Crippen LogP contribution >= 0.6 is 0 Å². The van der Waals surface area contributed by atoms with Crippen LogP contribution in [0.4, 0.5) is 0 Å². The Morgan fingerprint density at radius 2 is 1.65 bits per heavy atom. The van der Waals surface area contributed by atoms with Gasteiger partial charge >= 0.3 is 0 Å². The molecule has 102 valence electrons. The van der Waals surface area contributed by atoms with Crippen LogP contribution in [0.3, 0.4) is 0 Å². The predicted octanol–water partition coefficient (Wildman–Crippen LogP) is 2.98. The number of carbonyl (C=O) groups excluding carboxylic acids is 1. The van der Waals surface area contributed by atoms with Gasteiger partial charge in [0.15, 0.2) is 0 Å². The van der Waals surface area contributed by atoms with Crippen molar-refractivity contribution in [2.24, 2.45) is 5.73 Å². The van der Waals surface area contributed by atoms with Crippen molar-refractivity contribution < 1.29 is 4.79 Å². The van der Waals surface area contributed by atoms with Crippen molar-refractivity contribution in [1.82, 2.24) is 5.32 Å². The molecule has 0 aliphatic carbocycles. The van der Waals surface area contributed by atoms with E-state index in [2.05, 4.69) is 12.2 Å². The van der Waals surface area contributed by atoms with Gasteiger partial charge in [-0.05, 0) is 19.8 Å². The molecule has 0 heterocycles. The zero-order valence-electron chi connectivity index (χ0n) is 11.8.